The largest absolute Gasteiger partial charge is 0.480 e. The number of nitrogens with zero attached hydrogens (tertiary/aromatic N) is 1. The number of anilines is 1. The summed E-state index contributed by atoms with van der Waals surface area (Å²) in [7, 11) is 0. The maximum atomic E-state index is 11.9. The van der Waals surface area contributed by atoms with E-state index < -0.39 is 30.1 Å². The van der Waals surface area contributed by atoms with Gasteiger partial charge in [0.05, 0.1) is 11.9 Å². The zero-order valence-corrected chi connectivity index (χ0v) is 10.6. The molecule has 1 amide bonds. The number of carboxylic acids is 1. The number of amides is 1. The molecule has 0 radical (unpaired) electrons. The number of rotatable bonds is 5. The molecule has 0 aromatic carbocycles. The highest BCUT2D eigenvalue weighted by Crippen LogP contribution is 2.46. The van der Waals surface area contributed by atoms with E-state index in [1.165, 1.54) is 6.07 Å². The monoisotopic (exact) mass is 304 g/mol. The van der Waals surface area contributed by atoms with Gasteiger partial charge in [-0.1, -0.05) is 0 Å². The van der Waals surface area contributed by atoms with Gasteiger partial charge < -0.3 is 15.2 Å². The highest BCUT2D eigenvalue weighted by atomic mass is 19.4. The smallest absolute Gasteiger partial charge is 0.422 e. The fourth-order valence-electron chi connectivity index (χ4n) is 1.61. The van der Waals surface area contributed by atoms with E-state index in [1.807, 2.05) is 0 Å². The van der Waals surface area contributed by atoms with Crippen LogP contribution in [0.1, 0.15) is 12.8 Å². The molecule has 21 heavy (non-hydrogen) atoms. The molecule has 1 aliphatic rings. The number of halogens is 3. The quantitative estimate of drug-likeness (QED) is 0.810. The second-order valence-electron chi connectivity index (χ2n) is 4.63. The Morgan fingerprint density at radius 3 is 2.48 bits per heavy atom. The number of carbonyl (C=O) groups excluding carboxylic acids is 1. The van der Waals surface area contributed by atoms with Crippen LogP contribution in [-0.4, -0.2) is 34.8 Å². The molecule has 0 aliphatic heterocycles. The van der Waals surface area contributed by atoms with E-state index in [-0.39, 0.29) is 24.4 Å². The van der Waals surface area contributed by atoms with Crippen molar-refractivity contribution in [2.45, 2.75) is 19.0 Å². The lowest BCUT2D eigenvalue weighted by molar-refractivity contribution is -0.154. The van der Waals surface area contributed by atoms with Gasteiger partial charge in [-0.25, -0.2) is 4.98 Å². The Morgan fingerprint density at radius 2 is 2.05 bits per heavy atom. The van der Waals surface area contributed by atoms with Gasteiger partial charge in [-0.15, -0.1) is 0 Å². The molecule has 6 nitrogen and oxygen atoms in total. The van der Waals surface area contributed by atoms with E-state index in [9.17, 15) is 22.8 Å². The number of ether oxygens (including phenoxy) is 1. The van der Waals surface area contributed by atoms with Crippen LogP contribution < -0.4 is 10.1 Å². The summed E-state index contributed by atoms with van der Waals surface area (Å²) in [6.45, 7) is -1.46. The number of hydrogen-bond donors (Lipinski definition) is 2. The minimum atomic E-state index is -4.46. The van der Waals surface area contributed by atoms with Gasteiger partial charge in [0, 0.05) is 6.07 Å². The SMILES string of the molecule is O=C(O)C1(C(=O)Nc2ccc(OCC(F)(F)F)nc2)CC1. The van der Waals surface area contributed by atoms with E-state index in [4.69, 9.17) is 5.11 Å². The van der Waals surface area contributed by atoms with Crippen molar-refractivity contribution in [1.29, 1.82) is 0 Å². The van der Waals surface area contributed by atoms with Crippen LogP contribution in [-0.2, 0) is 9.59 Å². The molecule has 1 aromatic heterocycles. The van der Waals surface area contributed by atoms with Crippen molar-refractivity contribution < 1.29 is 32.6 Å². The minimum absolute atomic E-state index is 0.187. The lowest BCUT2D eigenvalue weighted by Crippen LogP contribution is -2.31. The van der Waals surface area contributed by atoms with Crippen LogP contribution in [0.4, 0.5) is 18.9 Å². The van der Waals surface area contributed by atoms with Gasteiger partial charge in [-0.05, 0) is 18.9 Å². The second-order valence-corrected chi connectivity index (χ2v) is 4.63. The zero-order chi connectivity index (χ0) is 15.7. The summed E-state index contributed by atoms with van der Waals surface area (Å²) in [6, 6.07) is 2.44. The van der Waals surface area contributed by atoms with Crippen LogP contribution in [0.2, 0.25) is 0 Å². The first kappa shape index (κ1) is 15.1. The molecule has 1 fully saturated rings. The number of carboxylic acid groups (broad SMARTS) is 1. The predicted molar refractivity (Wildman–Crippen MR) is 63.7 cm³/mol. The third-order valence-corrected chi connectivity index (χ3v) is 2.97. The lowest BCUT2D eigenvalue weighted by atomic mass is 10.1. The molecule has 1 aliphatic carbocycles. The molecule has 1 heterocycles. The van der Waals surface area contributed by atoms with Gasteiger partial charge >= 0.3 is 12.1 Å². The third kappa shape index (κ3) is 3.61. The molecule has 0 bridgehead atoms. The summed E-state index contributed by atoms with van der Waals surface area (Å²) in [5.41, 5.74) is -1.21. The van der Waals surface area contributed by atoms with E-state index in [0.717, 1.165) is 12.3 Å². The average molecular weight is 304 g/mol. The van der Waals surface area contributed by atoms with Crippen molar-refractivity contribution in [3.8, 4) is 5.88 Å². The molecule has 0 atom stereocenters. The van der Waals surface area contributed by atoms with Crippen molar-refractivity contribution in [3.05, 3.63) is 18.3 Å². The van der Waals surface area contributed by atoms with Crippen molar-refractivity contribution in [1.82, 2.24) is 4.98 Å². The molecule has 2 N–H and O–H groups in total. The number of carbonyl (C=O) groups is 2. The maximum absolute atomic E-state index is 11.9. The first-order valence-corrected chi connectivity index (χ1v) is 5.93. The molecule has 1 saturated carbocycles. The molecule has 2 rings (SSSR count). The van der Waals surface area contributed by atoms with Gasteiger partial charge in [0.15, 0.2) is 6.61 Å². The topological polar surface area (TPSA) is 88.5 Å². The van der Waals surface area contributed by atoms with Gasteiger partial charge in [-0.3, -0.25) is 9.59 Å². The first-order valence-electron chi connectivity index (χ1n) is 5.93. The van der Waals surface area contributed by atoms with Crippen LogP contribution in [0.5, 0.6) is 5.88 Å². The summed E-state index contributed by atoms with van der Waals surface area (Å²) in [5.74, 6) is -2.11. The highest BCUT2D eigenvalue weighted by Gasteiger charge is 2.57. The number of hydrogen-bond acceptors (Lipinski definition) is 4. The summed E-state index contributed by atoms with van der Waals surface area (Å²) in [4.78, 5) is 26.3. The van der Waals surface area contributed by atoms with Crippen molar-refractivity contribution in [3.63, 3.8) is 0 Å². The molecule has 0 spiro atoms. The van der Waals surface area contributed by atoms with Crippen molar-refractivity contribution >= 4 is 17.6 Å². The fraction of sp³-hybridized carbons (Fsp3) is 0.417. The Bertz CT molecular complexity index is 553. The Kier molecular flexibility index (Phi) is 3.75. The molecule has 9 heteroatoms. The van der Waals surface area contributed by atoms with Crippen molar-refractivity contribution in [2.24, 2.45) is 5.41 Å². The van der Waals surface area contributed by atoms with Gasteiger partial charge in [0.25, 0.3) is 0 Å². The number of aromatic nitrogens is 1. The second kappa shape index (κ2) is 5.23. The normalized spacial score (nSPS) is 16.1. The Morgan fingerprint density at radius 1 is 1.38 bits per heavy atom. The van der Waals surface area contributed by atoms with E-state index in [0.29, 0.717) is 0 Å². The average Bonchev–Trinajstić information content (AvgIpc) is 3.18. The zero-order valence-electron chi connectivity index (χ0n) is 10.6. The predicted octanol–water partition coefficient (Wildman–Crippen LogP) is 1.83. The molecule has 0 unspecified atom stereocenters. The summed E-state index contributed by atoms with van der Waals surface area (Å²) in [5, 5.41) is 11.3. The Balaban J connectivity index is 1.94. The molecular weight excluding hydrogens is 293 g/mol. The number of aliphatic carboxylic acids is 1. The van der Waals surface area contributed by atoms with Crippen LogP contribution >= 0.6 is 0 Å². The summed E-state index contributed by atoms with van der Waals surface area (Å²) < 4.78 is 40.2. The molecule has 0 saturated heterocycles. The molecular formula is C12H11F3N2O4. The van der Waals surface area contributed by atoms with Crippen LogP contribution in [0.3, 0.4) is 0 Å². The van der Waals surface area contributed by atoms with Crippen LogP contribution in [0, 0.1) is 5.41 Å². The minimum Gasteiger partial charge on any atom is -0.480 e. The Labute approximate surface area is 116 Å². The number of pyridine rings is 1. The Hall–Kier alpha value is -2.32. The fourth-order valence-corrected chi connectivity index (χ4v) is 1.61. The van der Waals surface area contributed by atoms with Gasteiger partial charge in [0.2, 0.25) is 11.8 Å². The number of nitrogens with one attached hydrogen (secondary N) is 1. The van der Waals surface area contributed by atoms with Gasteiger partial charge in [-0.2, -0.15) is 13.2 Å². The van der Waals surface area contributed by atoms with Crippen LogP contribution in [0.25, 0.3) is 0 Å². The third-order valence-electron chi connectivity index (χ3n) is 2.97. The molecule has 114 valence electrons. The number of alkyl halides is 3. The van der Waals surface area contributed by atoms with E-state index >= 15 is 0 Å². The lowest BCUT2D eigenvalue weighted by Gasteiger charge is -2.11. The highest BCUT2D eigenvalue weighted by molar-refractivity contribution is 6.10. The van der Waals surface area contributed by atoms with Crippen LogP contribution in [0.15, 0.2) is 18.3 Å². The standard InChI is InChI=1S/C12H11F3N2O4/c13-12(14,15)6-21-8-2-1-7(5-16-8)17-9(18)11(3-4-11)10(19)20/h1-2,5H,3-4,6H2,(H,17,18)(H,19,20). The van der Waals surface area contributed by atoms with E-state index in [1.54, 1.807) is 0 Å². The van der Waals surface area contributed by atoms with E-state index in [2.05, 4.69) is 15.0 Å². The first-order chi connectivity index (χ1) is 9.73. The summed E-state index contributed by atoms with van der Waals surface area (Å²) in [6.07, 6.45) is -2.85. The maximum Gasteiger partial charge on any atom is 0.422 e. The van der Waals surface area contributed by atoms with Gasteiger partial charge in [0.1, 0.15) is 5.41 Å². The van der Waals surface area contributed by atoms with Crippen molar-refractivity contribution in [2.75, 3.05) is 11.9 Å². The summed E-state index contributed by atoms with van der Waals surface area (Å²) >= 11 is 0. The molecule has 1 aromatic rings.